The second-order valence-electron chi connectivity index (χ2n) is 13.0. The number of carbonyl (C=O) groups excluding carboxylic acids is 4. The fourth-order valence-electron chi connectivity index (χ4n) is 6.77. The largest absolute Gasteiger partial charge is 0.480 e. The molecular weight excluding hydrogens is 650 g/mol. The average molecular weight is 692 g/mol. The van der Waals surface area contributed by atoms with Crippen LogP contribution in [0.2, 0.25) is 0 Å². The molecule has 2 unspecified atom stereocenters. The number of Topliss-reactive ketones (excluding diaryl/α,β-unsaturated/α-hetero) is 1. The SMILES string of the molecule is O=C(CCC1CCCC(NC(=O)[C@H](Cc2c[nH]c3ccccc23)NC(=O)OCc2ccccc2)C1=O)N[C@@H](Cc1c[nH]c2ccccc12)C(=O)O. The Bertz CT molecular complexity index is 2020. The minimum atomic E-state index is -1.15. The summed E-state index contributed by atoms with van der Waals surface area (Å²) in [5.74, 6) is -2.80. The van der Waals surface area contributed by atoms with Gasteiger partial charge in [-0.1, -0.05) is 73.2 Å². The van der Waals surface area contributed by atoms with Gasteiger partial charge in [0, 0.05) is 59.4 Å². The first-order valence-electron chi connectivity index (χ1n) is 17.2. The van der Waals surface area contributed by atoms with Crippen molar-refractivity contribution in [2.24, 2.45) is 5.92 Å². The molecule has 6 N–H and O–H groups in total. The molecule has 6 rings (SSSR count). The molecule has 3 amide bonds. The zero-order valence-corrected chi connectivity index (χ0v) is 28.0. The number of H-pyrrole nitrogens is 2. The highest BCUT2D eigenvalue weighted by atomic mass is 16.5. The molecule has 0 radical (unpaired) electrons. The van der Waals surface area contributed by atoms with E-state index in [4.69, 9.17) is 4.74 Å². The van der Waals surface area contributed by atoms with Crippen LogP contribution in [0.25, 0.3) is 21.8 Å². The van der Waals surface area contributed by atoms with Crippen molar-refractivity contribution >= 4 is 51.5 Å². The standard InChI is InChI=1S/C39H41N5O7/c45-35(42-34(38(48)49)20-27-22-41-31-15-7-5-13-29(27)31)18-17-25-11-8-16-32(36(25)46)43-37(47)33(19-26-21-40-30-14-6-4-12-28(26)30)44-39(50)51-23-24-9-2-1-3-10-24/h1-7,9-10,12-15,21-22,25,32-34,40-41H,8,11,16-20,23H2,(H,42,45)(H,43,47)(H,44,50)(H,48,49)/t25?,32?,33-,34-/m0/s1. The van der Waals surface area contributed by atoms with Crippen LogP contribution >= 0.6 is 0 Å². The average Bonchev–Trinajstić information content (AvgIpc) is 3.75. The molecule has 51 heavy (non-hydrogen) atoms. The van der Waals surface area contributed by atoms with Gasteiger partial charge in [-0.3, -0.25) is 14.4 Å². The highest BCUT2D eigenvalue weighted by Gasteiger charge is 2.35. The van der Waals surface area contributed by atoms with Crippen LogP contribution in [0, 0.1) is 5.92 Å². The van der Waals surface area contributed by atoms with Crippen molar-refractivity contribution in [2.45, 2.75) is 69.7 Å². The Kier molecular flexibility index (Phi) is 11.1. The lowest BCUT2D eigenvalue weighted by atomic mass is 9.81. The molecule has 12 heteroatoms. The normalized spacial score (nSPS) is 17.1. The molecule has 1 aliphatic carbocycles. The number of carboxylic acid groups (broad SMARTS) is 1. The Hall–Kier alpha value is -5.91. The van der Waals surface area contributed by atoms with Crippen LogP contribution < -0.4 is 16.0 Å². The van der Waals surface area contributed by atoms with E-state index < -0.39 is 47.9 Å². The molecule has 1 aliphatic rings. The Labute approximate surface area is 294 Å². The number of hydrogen-bond acceptors (Lipinski definition) is 6. The summed E-state index contributed by atoms with van der Waals surface area (Å²) in [7, 11) is 0. The highest BCUT2D eigenvalue weighted by Crippen LogP contribution is 2.26. The molecule has 1 fully saturated rings. The summed E-state index contributed by atoms with van der Waals surface area (Å²) in [6, 6.07) is 21.4. The first-order chi connectivity index (χ1) is 24.7. The number of nitrogens with one attached hydrogen (secondary N) is 5. The molecule has 5 aromatic rings. The molecule has 2 aromatic heterocycles. The van der Waals surface area contributed by atoms with Crippen molar-refractivity contribution < 1.29 is 33.8 Å². The van der Waals surface area contributed by atoms with E-state index in [0.717, 1.165) is 38.5 Å². The van der Waals surface area contributed by atoms with Crippen LogP contribution in [0.4, 0.5) is 4.79 Å². The fourth-order valence-corrected chi connectivity index (χ4v) is 6.77. The molecule has 3 aromatic carbocycles. The number of para-hydroxylation sites is 2. The molecule has 0 bridgehead atoms. The number of aromatic amines is 2. The number of amides is 3. The number of carboxylic acids is 1. The number of ketones is 1. The molecule has 2 heterocycles. The zero-order valence-electron chi connectivity index (χ0n) is 28.0. The van der Waals surface area contributed by atoms with Crippen molar-refractivity contribution in [1.29, 1.82) is 0 Å². The fraction of sp³-hybridized carbons (Fsp3) is 0.308. The summed E-state index contributed by atoms with van der Waals surface area (Å²) in [4.78, 5) is 71.5. The Balaban J connectivity index is 1.06. The number of benzene rings is 3. The first kappa shape index (κ1) is 34.9. The lowest BCUT2D eigenvalue weighted by Gasteiger charge is -2.30. The molecule has 0 aliphatic heterocycles. The number of carbonyl (C=O) groups is 5. The molecule has 4 atom stereocenters. The van der Waals surface area contributed by atoms with Crippen LogP contribution in [0.1, 0.15) is 48.8 Å². The van der Waals surface area contributed by atoms with Crippen LogP contribution in [0.5, 0.6) is 0 Å². The minimum Gasteiger partial charge on any atom is -0.480 e. The number of rotatable bonds is 14. The summed E-state index contributed by atoms with van der Waals surface area (Å²) in [5.41, 5.74) is 4.16. The van der Waals surface area contributed by atoms with E-state index in [-0.39, 0.29) is 38.1 Å². The number of hydrogen-bond donors (Lipinski definition) is 6. The summed E-state index contributed by atoms with van der Waals surface area (Å²) in [6.07, 6.45) is 4.87. The smallest absolute Gasteiger partial charge is 0.408 e. The van der Waals surface area contributed by atoms with Crippen LogP contribution in [0.3, 0.4) is 0 Å². The van der Waals surface area contributed by atoms with Gasteiger partial charge in [-0.25, -0.2) is 9.59 Å². The van der Waals surface area contributed by atoms with E-state index >= 15 is 0 Å². The number of fused-ring (bicyclic) bond motifs is 2. The van der Waals surface area contributed by atoms with Crippen molar-refractivity contribution in [2.75, 3.05) is 0 Å². The lowest BCUT2D eigenvalue weighted by molar-refractivity contribution is -0.142. The van der Waals surface area contributed by atoms with E-state index in [0.29, 0.717) is 19.3 Å². The molecule has 0 saturated heterocycles. The van der Waals surface area contributed by atoms with Gasteiger partial charge in [0.2, 0.25) is 11.8 Å². The first-order valence-corrected chi connectivity index (χ1v) is 17.2. The maximum Gasteiger partial charge on any atom is 0.408 e. The molecule has 1 saturated carbocycles. The van der Waals surface area contributed by atoms with Gasteiger partial charge in [-0.2, -0.15) is 0 Å². The van der Waals surface area contributed by atoms with Gasteiger partial charge in [0.1, 0.15) is 18.7 Å². The van der Waals surface area contributed by atoms with Crippen LogP contribution in [0.15, 0.2) is 91.3 Å². The third-order valence-corrected chi connectivity index (χ3v) is 9.48. The van der Waals surface area contributed by atoms with Gasteiger partial charge < -0.3 is 35.8 Å². The predicted octanol–water partition coefficient (Wildman–Crippen LogP) is 4.93. The topological polar surface area (TPSA) is 182 Å². The van der Waals surface area contributed by atoms with Gasteiger partial charge in [-0.15, -0.1) is 0 Å². The minimum absolute atomic E-state index is 0.0285. The van der Waals surface area contributed by atoms with Gasteiger partial charge in [-0.05, 0) is 48.1 Å². The second-order valence-corrected chi connectivity index (χ2v) is 13.0. The summed E-state index contributed by atoms with van der Waals surface area (Å²) in [5, 5.41) is 19.8. The van der Waals surface area contributed by atoms with Gasteiger partial charge in [0.05, 0.1) is 6.04 Å². The third kappa shape index (κ3) is 8.82. The van der Waals surface area contributed by atoms with Gasteiger partial charge >= 0.3 is 12.1 Å². The van der Waals surface area contributed by atoms with Gasteiger partial charge in [0.25, 0.3) is 0 Å². The summed E-state index contributed by atoms with van der Waals surface area (Å²) < 4.78 is 5.41. The highest BCUT2D eigenvalue weighted by molar-refractivity contribution is 5.94. The van der Waals surface area contributed by atoms with Crippen LogP contribution in [-0.2, 0) is 43.4 Å². The molecule has 0 spiro atoms. The number of alkyl carbamates (subject to hydrolysis) is 1. The Morgan fingerprint density at radius 3 is 2.04 bits per heavy atom. The molecular formula is C39H41N5O7. The van der Waals surface area contributed by atoms with Crippen molar-refractivity contribution in [3.05, 3.63) is 108 Å². The van der Waals surface area contributed by atoms with E-state index in [1.165, 1.54) is 0 Å². The van der Waals surface area contributed by atoms with Crippen molar-refractivity contribution in [3.63, 3.8) is 0 Å². The molecule has 12 nitrogen and oxygen atoms in total. The number of aromatic nitrogens is 2. The quantitative estimate of drug-likeness (QED) is 0.0954. The van der Waals surface area contributed by atoms with E-state index in [2.05, 4.69) is 25.9 Å². The van der Waals surface area contributed by atoms with E-state index in [9.17, 15) is 29.1 Å². The van der Waals surface area contributed by atoms with E-state index in [1.807, 2.05) is 78.9 Å². The van der Waals surface area contributed by atoms with Crippen molar-refractivity contribution in [1.82, 2.24) is 25.9 Å². The predicted molar refractivity (Wildman–Crippen MR) is 191 cm³/mol. The maximum atomic E-state index is 13.7. The Morgan fingerprint density at radius 1 is 0.784 bits per heavy atom. The van der Waals surface area contributed by atoms with Crippen molar-refractivity contribution in [3.8, 4) is 0 Å². The maximum absolute atomic E-state index is 13.7. The van der Waals surface area contributed by atoms with E-state index in [1.54, 1.807) is 12.4 Å². The second kappa shape index (κ2) is 16.2. The number of aliphatic carboxylic acids is 1. The van der Waals surface area contributed by atoms with Crippen LogP contribution in [-0.4, -0.2) is 62.9 Å². The number of ether oxygens (including phenoxy) is 1. The van der Waals surface area contributed by atoms with Gasteiger partial charge in [0.15, 0.2) is 5.78 Å². The zero-order chi connectivity index (χ0) is 35.7. The lowest BCUT2D eigenvalue weighted by Crippen LogP contribution is -2.54. The third-order valence-electron chi connectivity index (χ3n) is 9.48. The summed E-state index contributed by atoms with van der Waals surface area (Å²) >= 11 is 0. The summed E-state index contributed by atoms with van der Waals surface area (Å²) in [6.45, 7) is 0.0285. The monoisotopic (exact) mass is 691 g/mol. The Morgan fingerprint density at radius 2 is 1.39 bits per heavy atom. The molecule has 264 valence electrons.